The Labute approximate surface area is 109 Å². The first-order chi connectivity index (χ1) is 8.22. The van der Waals surface area contributed by atoms with Gasteiger partial charge in [0.05, 0.1) is 5.69 Å². The molecular weight excluding hydrogens is 256 g/mol. The lowest BCUT2D eigenvalue weighted by Gasteiger charge is -2.00. The topological polar surface area (TPSA) is 42.9 Å². The molecule has 2 aromatic rings. The van der Waals surface area contributed by atoms with Crippen LogP contribution in [0.5, 0.6) is 0 Å². The second-order valence-corrected chi connectivity index (χ2v) is 4.83. The summed E-state index contributed by atoms with van der Waals surface area (Å²) in [4.78, 5) is 12.8. The summed E-state index contributed by atoms with van der Waals surface area (Å²) in [5.74, 6) is -0.0500. The Bertz CT molecular complexity index is 539. The lowest BCUT2D eigenvalue weighted by Crippen LogP contribution is -2.02. The summed E-state index contributed by atoms with van der Waals surface area (Å²) in [7, 11) is 0. The number of benzene rings is 1. The van der Waals surface area contributed by atoms with Gasteiger partial charge in [-0.05, 0) is 30.1 Å². The van der Waals surface area contributed by atoms with E-state index in [1.165, 1.54) is 0 Å². The van der Waals surface area contributed by atoms with Gasteiger partial charge in [0, 0.05) is 10.6 Å². The maximum Gasteiger partial charge on any atom is 0.206 e. The van der Waals surface area contributed by atoms with Crippen LogP contribution >= 0.6 is 23.1 Å². The van der Waals surface area contributed by atoms with E-state index < -0.39 is 0 Å². The fourth-order valence-electron chi connectivity index (χ4n) is 1.54. The third-order valence-corrected chi connectivity index (χ3v) is 3.34. The van der Waals surface area contributed by atoms with E-state index in [2.05, 4.69) is 9.59 Å². The van der Waals surface area contributed by atoms with Crippen molar-refractivity contribution < 1.29 is 4.79 Å². The number of hydrogen-bond donors (Lipinski definition) is 0. The van der Waals surface area contributed by atoms with E-state index in [1.807, 2.05) is 6.92 Å². The first-order valence-electron chi connectivity index (χ1n) is 5.34. The minimum atomic E-state index is -0.0500. The summed E-state index contributed by atoms with van der Waals surface area (Å²) in [6.07, 6.45) is 1.72. The lowest BCUT2D eigenvalue weighted by atomic mass is 10.1. The molecule has 0 aliphatic carbocycles. The smallest absolute Gasteiger partial charge is 0.206 e. The second-order valence-electron chi connectivity index (χ2n) is 3.64. The Morgan fingerprint density at radius 1 is 1.47 bits per heavy atom. The summed E-state index contributed by atoms with van der Waals surface area (Å²) in [6.45, 7) is 2.05. The van der Waals surface area contributed by atoms with Gasteiger partial charge in [-0.2, -0.15) is 0 Å². The number of halogens is 1. The number of aromatic nitrogens is 2. The minimum absolute atomic E-state index is 0.0500. The molecule has 1 heterocycles. The van der Waals surface area contributed by atoms with Gasteiger partial charge in [-0.15, -0.1) is 5.10 Å². The molecule has 0 spiro atoms. The monoisotopic (exact) mass is 266 g/mol. The zero-order chi connectivity index (χ0) is 12.3. The number of nitrogens with zero attached hydrogens (tertiary/aromatic N) is 2. The largest absolute Gasteiger partial charge is 0.288 e. The van der Waals surface area contributed by atoms with E-state index in [0.29, 0.717) is 15.5 Å². The molecule has 88 valence electrons. The summed E-state index contributed by atoms with van der Waals surface area (Å²) >= 11 is 7.02. The molecule has 5 heteroatoms. The molecule has 0 amide bonds. The molecule has 0 aliphatic rings. The Kier molecular flexibility index (Phi) is 3.86. The van der Waals surface area contributed by atoms with E-state index in [9.17, 15) is 4.79 Å². The average Bonchev–Trinajstić information content (AvgIpc) is 2.77. The maximum atomic E-state index is 12.2. The van der Waals surface area contributed by atoms with Crippen molar-refractivity contribution in [2.75, 3.05) is 0 Å². The van der Waals surface area contributed by atoms with Crippen LogP contribution in [0.1, 0.15) is 34.3 Å². The van der Waals surface area contributed by atoms with Crippen LogP contribution in [-0.2, 0) is 6.42 Å². The zero-order valence-corrected chi connectivity index (χ0v) is 10.9. The minimum Gasteiger partial charge on any atom is -0.288 e. The standard InChI is InChI=1S/C12H11ClN2OS/c1-2-4-10-12(17-15-14-10)11(16)8-5-3-6-9(13)7-8/h3,5-7H,2,4H2,1H3. The van der Waals surface area contributed by atoms with Crippen molar-refractivity contribution in [2.24, 2.45) is 0 Å². The Balaban J connectivity index is 2.33. The van der Waals surface area contributed by atoms with Crippen LogP contribution in [0.4, 0.5) is 0 Å². The molecule has 17 heavy (non-hydrogen) atoms. The highest BCUT2D eigenvalue weighted by molar-refractivity contribution is 7.08. The van der Waals surface area contributed by atoms with Crippen LogP contribution in [0, 0.1) is 0 Å². The third kappa shape index (κ3) is 2.70. The van der Waals surface area contributed by atoms with Gasteiger partial charge < -0.3 is 0 Å². The van der Waals surface area contributed by atoms with Gasteiger partial charge in [0.25, 0.3) is 0 Å². The molecule has 3 nitrogen and oxygen atoms in total. The molecule has 2 rings (SSSR count). The van der Waals surface area contributed by atoms with Crippen molar-refractivity contribution in [1.29, 1.82) is 0 Å². The molecule has 0 atom stereocenters. The van der Waals surface area contributed by atoms with Crippen molar-refractivity contribution in [3.63, 3.8) is 0 Å². The first kappa shape index (κ1) is 12.2. The molecule has 0 N–H and O–H groups in total. The molecule has 0 bridgehead atoms. The summed E-state index contributed by atoms with van der Waals surface area (Å²) < 4.78 is 3.85. The Morgan fingerprint density at radius 3 is 3.00 bits per heavy atom. The molecule has 1 aromatic heterocycles. The van der Waals surface area contributed by atoms with Crippen LogP contribution in [-0.4, -0.2) is 15.4 Å². The number of carbonyl (C=O) groups is 1. The molecule has 1 aromatic carbocycles. The van der Waals surface area contributed by atoms with Gasteiger partial charge in [-0.25, -0.2) is 0 Å². The SMILES string of the molecule is CCCc1nnsc1C(=O)c1cccc(Cl)c1. The number of hydrogen-bond acceptors (Lipinski definition) is 4. The van der Waals surface area contributed by atoms with Crippen molar-refractivity contribution in [3.05, 3.63) is 45.4 Å². The summed E-state index contributed by atoms with van der Waals surface area (Å²) in [5, 5.41) is 4.55. The summed E-state index contributed by atoms with van der Waals surface area (Å²) in [5.41, 5.74) is 1.36. The van der Waals surface area contributed by atoms with E-state index >= 15 is 0 Å². The van der Waals surface area contributed by atoms with E-state index in [1.54, 1.807) is 24.3 Å². The third-order valence-electron chi connectivity index (χ3n) is 2.34. The van der Waals surface area contributed by atoms with E-state index in [-0.39, 0.29) is 5.78 Å². The van der Waals surface area contributed by atoms with Gasteiger partial charge in [-0.1, -0.05) is 41.6 Å². The van der Waals surface area contributed by atoms with Crippen molar-refractivity contribution in [2.45, 2.75) is 19.8 Å². The van der Waals surface area contributed by atoms with Gasteiger partial charge in [0.2, 0.25) is 5.78 Å². The van der Waals surface area contributed by atoms with Crippen molar-refractivity contribution in [3.8, 4) is 0 Å². The highest BCUT2D eigenvalue weighted by atomic mass is 35.5. The fourth-order valence-corrected chi connectivity index (χ4v) is 2.40. The highest BCUT2D eigenvalue weighted by Gasteiger charge is 2.17. The number of aryl methyl sites for hydroxylation is 1. The van der Waals surface area contributed by atoms with Gasteiger partial charge in [0.15, 0.2) is 0 Å². The molecule has 0 fully saturated rings. The Morgan fingerprint density at radius 2 is 2.29 bits per heavy atom. The van der Waals surface area contributed by atoms with Gasteiger partial charge in [0.1, 0.15) is 4.88 Å². The molecule has 0 aliphatic heterocycles. The van der Waals surface area contributed by atoms with Crippen LogP contribution in [0.15, 0.2) is 24.3 Å². The molecular formula is C12H11ClN2OS. The number of ketones is 1. The molecule has 0 saturated heterocycles. The van der Waals surface area contributed by atoms with Crippen molar-refractivity contribution in [1.82, 2.24) is 9.59 Å². The maximum absolute atomic E-state index is 12.2. The highest BCUT2D eigenvalue weighted by Crippen LogP contribution is 2.19. The quantitative estimate of drug-likeness (QED) is 0.797. The van der Waals surface area contributed by atoms with Gasteiger partial charge in [-0.3, -0.25) is 4.79 Å². The second kappa shape index (κ2) is 5.38. The van der Waals surface area contributed by atoms with E-state index in [0.717, 1.165) is 30.1 Å². The van der Waals surface area contributed by atoms with Gasteiger partial charge >= 0.3 is 0 Å². The predicted molar refractivity (Wildman–Crippen MR) is 68.8 cm³/mol. The van der Waals surface area contributed by atoms with Crippen molar-refractivity contribution >= 4 is 28.9 Å². The van der Waals surface area contributed by atoms with Crippen LogP contribution in [0.2, 0.25) is 5.02 Å². The van der Waals surface area contributed by atoms with Crippen LogP contribution < -0.4 is 0 Å². The summed E-state index contributed by atoms with van der Waals surface area (Å²) in [6, 6.07) is 6.93. The Hall–Kier alpha value is -1.26. The lowest BCUT2D eigenvalue weighted by molar-refractivity contribution is 0.104. The van der Waals surface area contributed by atoms with E-state index in [4.69, 9.17) is 11.6 Å². The predicted octanol–water partition coefficient (Wildman–Crippen LogP) is 3.38. The average molecular weight is 267 g/mol. The first-order valence-corrected chi connectivity index (χ1v) is 6.49. The molecule has 0 saturated carbocycles. The van der Waals surface area contributed by atoms with Crippen LogP contribution in [0.3, 0.4) is 0 Å². The zero-order valence-electron chi connectivity index (χ0n) is 9.31. The number of rotatable bonds is 4. The molecule has 0 radical (unpaired) electrons. The normalized spacial score (nSPS) is 10.5. The fraction of sp³-hybridized carbons (Fsp3) is 0.250. The molecule has 0 unspecified atom stereocenters. The van der Waals surface area contributed by atoms with Crippen LogP contribution in [0.25, 0.3) is 0 Å². The number of carbonyl (C=O) groups excluding carboxylic acids is 1.